The van der Waals surface area contributed by atoms with Crippen LogP contribution in [0.4, 0.5) is 0 Å². The Kier molecular flexibility index (Phi) is 5.27. The number of aryl methyl sites for hydroxylation is 1. The standard InChI is InChI=1S/C15H20N2O4/c1-11-13(3-2-7-16-11)15(20)17-8-4-12(5-9-17)21-10-6-14(18)19/h2-3,7,12H,4-6,8-10H2,1H3,(H,18,19). The van der Waals surface area contributed by atoms with Gasteiger partial charge in [0.1, 0.15) is 0 Å². The van der Waals surface area contributed by atoms with Gasteiger partial charge in [0, 0.05) is 25.0 Å². The van der Waals surface area contributed by atoms with Crippen LogP contribution in [0.5, 0.6) is 0 Å². The van der Waals surface area contributed by atoms with Crippen LogP contribution in [-0.4, -0.2) is 52.7 Å². The summed E-state index contributed by atoms with van der Waals surface area (Å²) in [6.45, 7) is 3.32. The first-order valence-corrected chi connectivity index (χ1v) is 7.12. The van der Waals surface area contributed by atoms with Crippen molar-refractivity contribution < 1.29 is 19.4 Å². The molecule has 1 amide bonds. The quantitative estimate of drug-likeness (QED) is 0.889. The van der Waals surface area contributed by atoms with Gasteiger partial charge in [-0.05, 0) is 31.9 Å². The summed E-state index contributed by atoms with van der Waals surface area (Å²) < 4.78 is 5.52. The Balaban J connectivity index is 1.82. The predicted octanol–water partition coefficient (Wildman–Crippen LogP) is 1.49. The highest BCUT2D eigenvalue weighted by Gasteiger charge is 2.25. The molecule has 0 unspecified atom stereocenters. The van der Waals surface area contributed by atoms with E-state index in [4.69, 9.17) is 9.84 Å². The van der Waals surface area contributed by atoms with Gasteiger partial charge in [-0.25, -0.2) is 0 Å². The normalized spacial score (nSPS) is 16.0. The molecule has 0 aromatic carbocycles. The molecule has 0 atom stereocenters. The Morgan fingerprint density at radius 3 is 2.76 bits per heavy atom. The third-order valence-electron chi connectivity index (χ3n) is 3.64. The van der Waals surface area contributed by atoms with Crippen LogP contribution in [0.2, 0.25) is 0 Å². The molecule has 21 heavy (non-hydrogen) atoms. The van der Waals surface area contributed by atoms with Gasteiger partial charge in [0.15, 0.2) is 0 Å². The molecular weight excluding hydrogens is 272 g/mol. The fraction of sp³-hybridized carbons (Fsp3) is 0.533. The molecular formula is C15H20N2O4. The molecule has 6 heteroatoms. The van der Waals surface area contributed by atoms with Gasteiger partial charge in [0.05, 0.1) is 24.7 Å². The van der Waals surface area contributed by atoms with Gasteiger partial charge in [-0.15, -0.1) is 0 Å². The molecule has 2 rings (SSSR count). The molecule has 1 fully saturated rings. The number of rotatable bonds is 5. The molecule has 1 aliphatic heterocycles. The van der Waals surface area contributed by atoms with E-state index in [2.05, 4.69) is 4.98 Å². The number of aliphatic carboxylic acids is 1. The summed E-state index contributed by atoms with van der Waals surface area (Å²) in [5.41, 5.74) is 1.38. The van der Waals surface area contributed by atoms with Crippen LogP contribution in [0, 0.1) is 6.92 Å². The lowest BCUT2D eigenvalue weighted by Crippen LogP contribution is -2.41. The first-order chi connectivity index (χ1) is 10.1. The van der Waals surface area contributed by atoms with E-state index in [0.717, 1.165) is 18.5 Å². The molecule has 114 valence electrons. The van der Waals surface area contributed by atoms with Crippen molar-refractivity contribution in [3.63, 3.8) is 0 Å². The average molecular weight is 292 g/mol. The molecule has 0 spiro atoms. The largest absolute Gasteiger partial charge is 0.481 e. The first kappa shape index (κ1) is 15.4. The topological polar surface area (TPSA) is 79.7 Å². The Bertz CT molecular complexity index is 510. The summed E-state index contributed by atoms with van der Waals surface area (Å²) >= 11 is 0. The van der Waals surface area contributed by atoms with E-state index in [9.17, 15) is 9.59 Å². The fourth-order valence-corrected chi connectivity index (χ4v) is 2.42. The molecule has 1 N–H and O–H groups in total. The maximum absolute atomic E-state index is 12.4. The van der Waals surface area contributed by atoms with Gasteiger partial charge in [0.25, 0.3) is 5.91 Å². The van der Waals surface area contributed by atoms with Gasteiger partial charge in [-0.2, -0.15) is 0 Å². The van der Waals surface area contributed by atoms with E-state index in [1.165, 1.54) is 0 Å². The second-order valence-electron chi connectivity index (χ2n) is 5.14. The third-order valence-corrected chi connectivity index (χ3v) is 3.64. The molecule has 1 aliphatic rings. The molecule has 0 bridgehead atoms. The van der Waals surface area contributed by atoms with Crippen LogP contribution in [-0.2, 0) is 9.53 Å². The molecule has 0 radical (unpaired) electrons. The smallest absolute Gasteiger partial charge is 0.305 e. The highest BCUT2D eigenvalue weighted by Crippen LogP contribution is 2.17. The molecule has 1 aromatic heterocycles. The lowest BCUT2D eigenvalue weighted by Gasteiger charge is -2.32. The Morgan fingerprint density at radius 1 is 1.43 bits per heavy atom. The molecule has 1 aromatic rings. The zero-order valence-corrected chi connectivity index (χ0v) is 12.1. The number of carbonyl (C=O) groups excluding carboxylic acids is 1. The molecule has 6 nitrogen and oxygen atoms in total. The number of carbonyl (C=O) groups is 2. The second kappa shape index (κ2) is 7.17. The van der Waals surface area contributed by atoms with Crippen LogP contribution in [0.25, 0.3) is 0 Å². The van der Waals surface area contributed by atoms with Crippen LogP contribution < -0.4 is 0 Å². The van der Waals surface area contributed by atoms with Gasteiger partial charge in [-0.3, -0.25) is 14.6 Å². The predicted molar refractivity (Wildman–Crippen MR) is 76.1 cm³/mol. The van der Waals surface area contributed by atoms with Crippen molar-refractivity contribution in [3.05, 3.63) is 29.6 Å². The van der Waals surface area contributed by atoms with Gasteiger partial charge < -0.3 is 14.7 Å². The van der Waals surface area contributed by atoms with E-state index in [1.807, 2.05) is 6.92 Å². The molecule has 0 aliphatic carbocycles. The number of carboxylic acid groups (broad SMARTS) is 1. The number of likely N-dealkylation sites (tertiary alicyclic amines) is 1. The number of aromatic nitrogens is 1. The van der Waals surface area contributed by atoms with Crippen LogP contribution >= 0.6 is 0 Å². The number of carboxylic acids is 1. The van der Waals surface area contributed by atoms with Crippen molar-refractivity contribution in [2.24, 2.45) is 0 Å². The van der Waals surface area contributed by atoms with Crippen molar-refractivity contribution in [1.29, 1.82) is 0 Å². The van der Waals surface area contributed by atoms with Gasteiger partial charge in [-0.1, -0.05) is 0 Å². The Hall–Kier alpha value is -1.95. The van der Waals surface area contributed by atoms with Crippen molar-refractivity contribution in [1.82, 2.24) is 9.88 Å². The maximum Gasteiger partial charge on any atom is 0.305 e. The molecule has 0 saturated carbocycles. The summed E-state index contributed by atoms with van der Waals surface area (Å²) in [7, 11) is 0. The van der Waals surface area contributed by atoms with E-state index < -0.39 is 5.97 Å². The lowest BCUT2D eigenvalue weighted by molar-refractivity contribution is -0.138. The van der Waals surface area contributed by atoms with Crippen molar-refractivity contribution >= 4 is 11.9 Å². The summed E-state index contributed by atoms with van der Waals surface area (Å²) in [4.78, 5) is 28.8. The summed E-state index contributed by atoms with van der Waals surface area (Å²) in [5, 5.41) is 8.57. The van der Waals surface area contributed by atoms with E-state index in [-0.39, 0.29) is 25.0 Å². The monoisotopic (exact) mass is 292 g/mol. The first-order valence-electron chi connectivity index (χ1n) is 7.12. The lowest BCUT2D eigenvalue weighted by atomic mass is 10.1. The van der Waals surface area contributed by atoms with Crippen molar-refractivity contribution in [2.75, 3.05) is 19.7 Å². The number of hydrogen-bond acceptors (Lipinski definition) is 4. The van der Waals surface area contributed by atoms with E-state index in [0.29, 0.717) is 18.7 Å². The van der Waals surface area contributed by atoms with Crippen LogP contribution in [0.15, 0.2) is 18.3 Å². The fourth-order valence-electron chi connectivity index (χ4n) is 2.42. The number of pyridine rings is 1. The minimum Gasteiger partial charge on any atom is -0.481 e. The highest BCUT2D eigenvalue weighted by molar-refractivity contribution is 5.95. The number of piperidine rings is 1. The SMILES string of the molecule is Cc1ncccc1C(=O)N1CCC(OCCC(=O)O)CC1. The highest BCUT2D eigenvalue weighted by atomic mass is 16.5. The van der Waals surface area contributed by atoms with E-state index in [1.54, 1.807) is 23.2 Å². The molecule has 2 heterocycles. The van der Waals surface area contributed by atoms with Gasteiger partial charge in [0.2, 0.25) is 0 Å². The number of nitrogens with zero attached hydrogens (tertiary/aromatic N) is 2. The maximum atomic E-state index is 12.4. The summed E-state index contributed by atoms with van der Waals surface area (Å²) in [5.74, 6) is -0.848. The zero-order valence-electron chi connectivity index (χ0n) is 12.1. The Labute approximate surface area is 123 Å². The number of hydrogen-bond donors (Lipinski definition) is 1. The summed E-state index contributed by atoms with van der Waals surface area (Å²) in [6.07, 6.45) is 3.22. The van der Waals surface area contributed by atoms with Crippen molar-refractivity contribution in [2.45, 2.75) is 32.3 Å². The van der Waals surface area contributed by atoms with Crippen LogP contribution in [0.1, 0.15) is 35.3 Å². The Morgan fingerprint density at radius 2 is 2.14 bits per heavy atom. The number of amides is 1. The minimum atomic E-state index is -0.852. The summed E-state index contributed by atoms with van der Waals surface area (Å²) in [6, 6.07) is 3.56. The second-order valence-corrected chi connectivity index (χ2v) is 5.14. The van der Waals surface area contributed by atoms with Crippen molar-refractivity contribution in [3.8, 4) is 0 Å². The number of ether oxygens (including phenoxy) is 1. The average Bonchev–Trinajstić information content (AvgIpc) is 2.47. The zero-order chi connectivity index (χ0) is 15.2. The minimum absolute atomic E-state index is 0.00425. The molecule has 1 saturated heterocycles. The van der Waals surface area contributed by atoms with Gasteiger partial charge >= 0.3 is 5.97 Å². The van der Waals surface area contributed by atoms with Crippen LogP contribution in [0.3, 0.4) is 0 Å². The van der Waals surface area contributed by atoms with E-state index >= 15 is 0 Å². The third kappa shape index (κ3) is 4.26.